The molecule has 0 aliphatic rings. The fourth-order valence-corrected chi connectivity index (χ4v) is 2.46. The SMILES string of the molecule is CCNC(=O)COc1cccc(CNC(=O)C(CC)(CC)CN)c1.Cl. The Labute approximate surface area is 156 Å². The first-order valence-corrected chi connectivity index (χ1v) is 8.48. The molecule has 25 heavy (non-hydrogen) atoms. The number of likely N-dealkylation sites (N-methyl/N-ethyl adjacent to an activating group) is 1. The van der Waals surface area contributed by atoms with Crippen LogP contribution in [-0.4, -0.2) is 31.5 Å². The van der Waals surface area contributed by atoms with E-state index in [1.165, 1.54) is 0 Å². The molecule has 0 aliphatic heterocycles. The first kappa shape index (κ1) is 23.2. The summed E-state index contributed by atoms with van der Waals surface area (Å²) < 4.78 is 5.45. The predicted molar refractivity (Wildman–Crippen MR) is 102 cm³/mol. The summed E-state index contributed by atoms with van der Waals surface area (Å²) in [5.74, 6) is 0.419. The lowest BCUT2D eigenvalue weighted by Crippen LogP contribution is -2.45. The Bertz CT molecular complexity index is 540. The van der Waals surface area contributed by atoms with Crippen LogP contribution in [0.3, 0.4) is 0 Å². The smallest absolute Gasteiger partial charge is 0.257 e. The van der Waals surface area contributed by atoms with Crippen molar-refractivity contribution in [2.24, 2.45) is 11.1 Å². The van der Waals surface area contributed by atoms with Gasteiger partial charge >= 0.3 is 0 Å². The van der Waals surface area contributed by atoms with Gasteiger partial charge in [0.05, 0.1) is 5.41 Å². The lowest BCUT2D eigenvalue weighted by Gasteiger charge is -2.28. The van der Waals surface area contributed by atoms with E-state index in [-0.39, 0.29) is 30.8 Å². The van der Waals surface area contributed by atoms with E-state index in [4.69, 9.17) is 10.5 Å². The van der Waals surface area contributed by atoms with Gasteiger partial charge < -0.3 is 21.1 Å². The van der Waals surface area contributed by atoms with Crippen molar-refractivity contribution < 1.29 is 14.3 Å². The van der Waals surface area contributed by atoms with E-state index in [1.807, 2.05) is 39.0 Å². The summed E-state index contributed by atoms with van der Waals surface area (Å²) in [7, 11) is 0. The molecule has 1 aromatic carbocycles. The summed E-state index contributed by atoms with van der Waals surface area (Å²) in [6.45, 7) is 7.10. The molecule has 7 heteroatoms. The van der Waals surface area contributed by atoms with Gasteiger partial charge in [-0.05, 0) is 37.5 Å². The van der Waals surface area contributed by atoms with E-state index in [0.717, 1.165) is 5.56 Å². The van der Waals surface area contributed by atoms with Crippen LogP contribution in [0.5, 0.6) is 5.75 Å². The molecule has 6 nitrogen and oxygen atoms in total. The number of carbonyl (C=O) groups is 2. The van der Waals surface area contributed by atoms with E-state index in [9.17, 15) is 9.59 Å². The number of nitrogens with one attached hydrogen (secondary N) is 2. The molecule has 0 unspecified atom stereocenters. The van der Waals surface area contributed by atoms with Gasteiger partial charge in [-0.1, -0.05) is 26.0 Å². The van der Waals surface area contributed by atoms with Crippen molar-refractivity contribution in [3.8, 4) is 5.75 Å². The van der Waals surface area contributed by atoms with Gasteiger partial charge in [-0.3, -0.25) is 9.59 Å². The molecule has 1 rings (SSSR count). The molecular formula is C18H30ClN3O3. The van der Waals surface area contributed by atoms with Crippen molar-refractivity contribution in [3.63, 3.8) is 0 Å². The highest BCUT2D eigenvalue weighted by Crippen LogP contribution is 2.25. The van der Waals surface area contributed by atoms with Crippen molar-refractivity contribution in [3.05, 3.63) is 29.8 Å². The van der Waals surface area contributed by atoms with Crippen LogP contribution in [0.1, 0.15) is 39.2 Å². The summed E-state index contributed by atoms with van der Waals surface area (Å²) >= 11 is 0. The standard InChI is InChI=1S/C18H29N3O3.ClH/c1-4-18(5-2,13-19)17(23)21-11-14-8-7-9-15(10-14)24-12-16(22)20-6-3;/h7-10H,4-6,11-13,19H2,1-3H3,(H,20,22)(H,21,23);1H. The second kappa shape index (κ2) is 11.7. The summed E-state index contributed by atoms with van der Waals surface area (Å²) in [6.07, 6.45) is 1.42. The summed E-state index contributed by atoms with van der Waals surface area (Å²) in [6, 6.07) is 7.35. The molecule has 0 bridgehead atoms. The molecule has 142 valence electrons. The maximum absolute atomic E-state index is 12.4. The average molecular weight is 372 g/mol. The third-order valence-corrected chi connectivity index (χ3v) is 4.32. The van der Waals surface area contributed by atoms with Crippen molar-refractivity contribution in [1.29, 1.82) is 0 Å². The van der Waals surface area contributed by atoms with E-state index in [0.29, 0.717) is 38.2 Å². The third-order valence-electron chi connectivity index (χ3n) is 4.32. The lowest BCUT2D eigenvalue weighted by atomic mass is 9.81. The zero-order valence-corrected chi connectivity index (χ0v) is 16.1. The summed E-state index contributed by atoms with van der Waals surface area (Å²) in [4.78, 5) is 23.8. The highest BCUT2D eigenvalue weighted by atomic mass is 35.5. The Kier molecular flexibility index (Phi) is 10.9. The highest BCUT2D eigenvalue weighted by Gasteiger charge is 2.32. The maximum atomic E-state index is 12.4. The molecule has 0 saturated carbocycles. The van der Waals surface area contributed by atoms with Crippen molar-refractivity contribution in [2.75, 3.05) is 19.7 Å². The average Bonchev–Trinajstić information content (AvgIpc) is 2.61. The maximum Gasteiger partial charge on any atom is 0.257 e. The van der Waals surface area contributed by atoms with Crippen LogP contribution in [0.25, 0.3) is 0 Å². The van der Waals surface area contributed by atoms with Crippen molar-refractivity contribution in [2.45, 2.75) is 40.2 Å². The fourth-order valence-electron chi connectivity index (χ4n) is 2.46. The molecule has 0 atom stereocenters. The van der Waals surface area contributed by atoms with Gasteiger partial charge in [0.2, 0.25) is 5.91 Å². The Morgan fingerprint density at radius 2 is 1.84 bits per heavy atom. The molecule has 0 radical (unpaired) electrons. The second-order valence-corrected chi connectivity index (χ2v) is 5.76. The van der Waals surface area contributed by atoms with Gasteiger partial charge in [-0.25, -0.2) is 0 Å². The molecule has 0 spiro atoms. The third kappa shape index (κ3) is 6.92. The van der Waals surface area contributed by atoms with Gasteiger partial charge in [0.15, 0.2) is 6.61 Å². The minimum Gasteiger partial charge on any atom is -0.484 e. The number of hydrogen-bond donors (Lipinski definition) is 3. The van der Waals surface area contributed by atoms with Crippen LogP contribution in [0.15, 0.2) is 24.3 Å². The van der Waals surface area contributed by atoms with Gasteiger partial charge in [-0.15, -0.1) is 12.4 Å². The summed E-state index contributed by atoms with van der Waals surface area (Å²) in [5, 5.41) is 5.62. The first-order valence-electron chi connectivity index (χ1n) is 8.48. The monoisotopic (exact) mass is 371 g/mol. The van der Waals surface area contributed by atoms with Gasteiger partial charge in [0.1, 0.15) is 5.75 Å². The van der Waals surface area contributed by atoms with Crippen LogP contribution < -0.4 is 21.1 Å². The van der Waals surface area contributed by atoms with Gasteiger partial charge in [0.25, 0.3) is 5.91 Å². The lowest BCUT2D eigenvalue weighted by molar-refractivity contribution is -0.131. The predicted octanol–water partition coefficient (Wildman–Crippen LogP) is 2.00. The van der Waals surface area contributed by atoms with Crippen LogP contribution in [0.4, 0.5) is 0 Å². The molecule has 0 aromatic heterocycles. The van der Waals surface area contributed by atoms with E-state index >= 15 is 0 Å². The van der Waals surface area contributed by atoms with Crippen molar-refractivity contribution in [1.82, 2.24) is 10.6 Å². The van der Waals surface area contributed by atoms with Gasteiger partial charge in [-0.2, -0.15) is 0 Å². The number of benzene rings is 1. The van der Waals surface area contributed by atoms with E-state index in [1.54, 1.807) is 6.07 Å². The molecule has 0 saturated heterocycles. The van der Waals surface area contributed by atoms with Crippen LogP contribution in [-0.2, 0) is 16.1 Å². The molecular weight excluding hydrogens is 342 g/mol. The number of carbonyl (C=O) groups excluding carboxylic acids is 2. The van der Waals surface area contributed by atoms with Crippen LogP contribution in [0.2, 0.25) is 0 Å². The molecule has 2 amide bonds. The molecule has 0 fully saturated rings. The molecule has 4 N–H and O–H groups in total. The first-order chi connectivity index (χ1) is 11.5. The normalized spacial score (nSPS) is 10.6. The number of ether oxygens (including phenoxy) is 1. The quantitative estimate of drug-likeness (QED) is 0.586. The number of rotatable bonds is 10. The number of halogens is 1. The largest absolute Gasteiger partial charge is 0.484 e. The molecule has 0 aliphatic carbocycles. The zero-order chi connectivity index (χ0) is 18.0. The van der Waals surface area contributed by atoms with Crippen LogP contribution >= 0.6 is 12.4 Å². The summed E-state index contributed by atoms with van der Waals surface area (Å²) in [5.41, 5.74) is 6.20. The topological polar surface area (TPSA) is 93.5 Å². The van der Waals surface area contributed by atoms with E-state index in [2.05, 4.69) is 10.6 Å². The highest BCUT2D eigenvalue weighted by molar-refractivity contribution is 5.85. The second-order valence-electron chi connectivity index (χ2n) is 5.76. The van der Waals surface area contributed by atoms with Gasteiger partial charge in [0, 0.05) is 19.6 Å². The minimum absolute atomic E-state index is 0. The Morgan fingerprint density at radius 1 is 1.16 bits per heavy atom. The minimum atomic E-state index is -0.508. The van der Waals surface area contributed by atoms with Crippen LogP contribution in [0, 0.1) is 5.41 Å². The number of amides is 2. The molecule has 0 heterocycles. The molecule has 1 aromatic rings. The zero-order valence-electron chi connectivity index (χ0n) is 15.3. The van der Waals surface area contributed by atoms with Crippen molar-refractivity contribution >= 4 is 24.2 Å². The number of nitrogens with two attached hydrogens (primary N) is 1. The fraction of sp³-hybridized carbons (Fsp3) is 0.556. The van der Waals surface area contributed by atoms with E-state index < -0.39 is 5.41 Å². The Morgan fingerprint density at radius 3 is 2.40 bits per heavy atom. The Hall–Kier alpha value is -1.79. The number of hydrogen-bond acceptors (Lipinski definition) is 4. The Balaban J connectivity index is 0.00000576.